The first kappa shape index (κ1) is 13.6. The number of nitrogens with one attached hydrogen (secondary N) is 1. The summed E-state index contributed by atoms with van der Waals surface area (Å²) in [7, 11) is 1.93. The van der Waals surface area contributed by atoms with E-state index in [-0.39, 0.29) is 0 Å². The van der Waals surface area contributed by atoms with Gasteiger partial charge in [0.15, 0.2) is 0 Å². The molecule has 1 nitrogen and oxygen atoms in total. The summed E-state index contributed by atoms with van der Waals surface area (Å²) in [6.07, 6.45) is 0. The van der Waals surface area contributed by atoms with Gasteiger partial charge in [-0.2, -0.15) is 0 Å². The van der Waals surface area contributed by atoms with Crippen molar-refractivity contribution in [3.05, 3.63) is 36.4 Å². The fraction of sp³-hybridized carbons (Fsp3) is 0.0909. The van der Waals surface area contributed by atoms with Crippen molar-refractivity contribution in [1.29, 1.82) is 0 Å². The molecular weight excluding hydrogens is 336 g/mol. The molecule has 1 aliphatic heterocycles. The minimum absolute atomic E-state index is 1.20. The van der Waals surface area contributed by atoms with Gasteiger partial charge in [0.2, 0.25) is 0 Å². The lowest BCUT2D eigenvalue weighted by atomic mass is 10.1. The van der Waals surface area contributed by atoms with Crippen molar-refractivity contribution < 1.29 is 0 Å². The van der Waals surface area contributed by atoms with E-state index >= 15 is 0 Å². The number of rotatable bonds is 1. The summed E-state index contributed by atoms with van der Waals surface area (Å²) in [6.45, 7) is 0. The molecule has 1 unspecified atom stereocenters. The van der Waals surface area contributed by atoms with Gasteiger partial charge in [-0.1, -0.05) is 71.0 Å². The van der Waals surface area contributed by atoms with Crippen LogP contribution in [0.2, 0.25) is 0 Å². The lowest BCUT2D eigenvalue weighted by Gasteiger charge is -2.33. The Morgan fingerprint density at radius 3 is 2.33 bits per heavy atom. The molecule has 0 saturated carbocycles. The van der Waals surface area contributed by atoms with Gasteiger partial charge >= 0.3 is 0 Å². The highest BCUT2D eigenvalue weighted by Crippen LogP contribution is 2.79. The SMILES string of the molecule is CN[P@@]1(=S)SP(=S)(S)c2cccc3cccc1c23. The molecule has 1 aliphatic rings. The Morgan fingerprint density at radius 1 is 1.11 bits per heavy atom. The van der Waals surface area contributed by atoms with Gasteiger partial charge in [0.1, 0.15) is 0 Å². The van der Waals surface area contributed by atoms with E-state index in [0.717, 1.165) is 0 Å². The highest BCUT2D eigenvalue weighted by molar-refractivity contribution is 9.15. The molecular formula is C11H11NP2S4. The third-order valence-corrected chi connectivity index (χ3v) is 21.1. The summed E-state index contributed by atoms with van der Waals surface area (Å²) in [6, 6.07) is 12.6. The molecule has 0 amide bonds. The smallest absolute Gasteiger partial charge is 0.0988 e. The zero-order valence-electron chi connectivity index (χ0n) is 9.53. The van der Waals surface area contributed by atoms with Crippen molar-refractivity contribution in [3.8, 4) is 0 Å². The van der Waals surface area contributed by atoms with E-state index in [1.807, 2.05) is 7.05 Å². The molecule has 3 rings (SSSR count). The number of hydrogen-bond acceptors (Lipinski definition) is 3. The van der Waals surface area contributed by atoms with Crippen LogP contribution >= 0.6 is 33.1 Å². The van der Waals surface area contributed by atoms with Gasteiger partial charge in [-0.3, -0.25) is 5.09 Å². The second-order valence-electron chi connectivity index (χ2n) is 4.03. The second-order valence-corrected chi connectivity index (χ2v) is 21.1. The first-order valence-corrected chi connectivity index (χ1v) is 14.1. The van der Waals surface area contributed by atoms with Crippen molar-refractivity contribution in [2.24, 2.45) is 0 Å². The summed E-state index contributed by atoms with van der Waals surface area (Å²) < 4.78 is -1.91. The molecule has 0 radical (unpaired) electrons. The number of thiol groups is 1. The van der Waals surface area contributed by atoms with Crippen LogP contribution in [0.3, 0.4) is 0 Å². The Hall–Kier alpha value is 0.660. The Bertz CT molecular complexity index is 738. The minimum atomic E-state index is -1.91. The van der Waals surface area contributed by atoms with E-state index in [9.17, 15) is 0 Å². The minimum Gasteiger partial charge on any atom is -0.280 e. The van der Waals surface area contributed by atoms with Crippen LogP contribution in [0.4, 0.5) is 0 Å². The van der Waals surface area contributed by atoms with E-state index in [2.05, 4.69) is 41.5 Å². The molecule has 94 valence electrons. The molecule has 1 heterocycles. The van der Waals surface area contributed by atoms with Crippen molar-refractivity contribution in [1.82, 2.24) is 5.09 Å². The zero-order chi connectivity index (χ0) is 13.0. The first-order valence-electron chi connectivity index (χ1n) is 5.34. The van der Waals surface area contributed by atoms with Crippen LogP contribution in [0.1, 0.15) is 0 Å². The third kappa shape index (κ3) is 1.96. The molecule has 7 heteroatoms. The van der Waals surface area contributed by atoms with E-state index in [1.54, 1.807) is 11.0 Å². The molecule has 2 atom stereocenters. The molecule has 18 heavy (non-hydrogen) atoms. The molecule has 0 fully saturated rings. The predicted molar refractivity (Wildman–Crippen MR) is 97.4 cm³/mol. The number of hydrogen-bond donors (Lipinski definition) is 2. The van der Waals surface area contributed by atoms with Crippen molar-refractivity contribution in [2.45, 2.75) is 0 Å². The van der Waals surface area contributed by atoms with Gasteiger partial charge in [0, 0.05) is 16.0 Å². The topological polar surface area (TPSA) is 12.0 Å². The van der Waals surface area contributed by atoms with Crippen molar-refractivity contribution in [2.75, 3.05) is 7.05 Å². The lowest BCUT2D eigenvalue weighted by molar-refractivity contribution is 1.29. The van der Waals surface area contributed by atoms with Crippen LogP contribution in [-0.4, -0.2) is 7.05 Å². The predicted octanol–water partition coefficient (Wildman–Crippen LogP) is 3.61. The fourth-order valence-corrected chi connectivity index (χ4v) is 24.7. The quantitative estimate of drug-likeness (QED) is 0.603. The van der Waals surface area contributed by atoms with Gasteiger partial charge in [-0.15, -0.1) is 12.2 Å². The highest BCUT2D eigenvalue weighted by Gasteiger charge is 2.35. The fourth-order valence-electron chi connectivity index (χ4n) is 2.19. The molecule has 1 N–H and O–H groups in total. The molecule has 2 aromatic carbocycles. The molecule has 0 bridgehead atoms. The van der Waals surface area contributed by atoms with E-state index in [0.29, 0.717) is 0 Å². The Labute approximate surface area is 126 Å². The maximum Gasteiger partial charge on any atom is 0.0988 e. The third-order valence-electron chi connectivity index (χ3n) is 3.00. The first-order chi connectivity index (χ1) is 8.48. The van der Waals surface area contributed by atoms with Crippen LogP contribution in [0, 0.1) is 0 Å². The zero-order valence-corrected chi connectivity index (χ0v) is 14.7. The summed E-state index contributed by atoms with van der Waals surface area (Å²) in [5, 5.41) is 6.39. The van der Waals surface area contributed by atoms with Gasteiger partial charge in [-0.05, 0) is 12.4 Å². The monoisotopic (exact) mass is 347 g/mol. The number of benzene rings is 2. The van der Waals surface area contributed by atoms with E-state index in [1.165, 1.54) is 21.4 Å². The van der Waals surface area contributed by atoms with Crippen molar-refractivity contribution >= 4 is 78.1 Å². The molecule has 0 saturated heterocycles. The van der Waals surface area contributed by atoms with Gasteiger partial charge < -0.3 is 0 Å². The van der Waals surface area contributed by atoms with Crippen LogP contribution in [-0.2, 0) is 23.6 Å². The molecule has 2 aromatic rings. The van der Waals surface area contributed by atoms with Crippen molar-refractivity contribution in [3.63, 3.8) is 0 Å². The largest absolute Gasteiger partial charge is 0.280 e. The average Bonchev–Trinajstić information content (AvgIpc) is 2.35. The summed E-state index contributed by atoms with van der Waals surface area (Å²) in [5.41, 5.74) is 0. The Balaban J connectivity index is 2.55. The maximum atomic E-state index is 5.87. The van der Waals surface area contributed by atoms with E-state index < -0.39 is 9.83 Å². The van der Waals surface area contributed by atoms with Crippen LogP contribution < -0.4 is 15.7 Å². The lowest BCUT2D eigenvalue weighted by Crippen LogP contribution is -2.22. The molecule has 0 aromatic heterocycles. The van der Waals surface area contributed by atoms with E-state index in [4.69, 9.17) is 35.9 Å². The summed E-state index contributed by atoms with van der Waals surface area (Å²) >= 11 is 18.1. The van der Waals surface area contributed by atoms with Crippen LogP contribution in [0.5, 0.6) is 0 Å². The van der Waals surface area contributed by atoms with Gasteiger partial charge in [-0.25, -0.2) is 0 Å². The summed E-state index contributed by atoms with van der Waals surface area (Å²) in [4.78, 5) is 0. The van der Waals surface area contributed by atoms with Crippen LogP contribution in [0.15, 0.2) is 36.4 Å². The molecule has 0 aliphatic carbocycles. The van der Waals surface area contributed by atoms with Gasteiger partial charge in [0.05, 0.1) is 9.83 Å². The second kappa shape index (κ2) is 4.60. The highest BCUT2D eigenvalue weighted by atomic mass is 33.4. The Morgan fingerprint density at radius 2 is 1.72 bits per heavy atom. The Kier molecular flexibility index (Phi) is 3.48. The maximum absolute atomic E-state index is 5.87. The normalized spacial score (nSPS) is 30.6. The standard InChI is InChI=1S/C11H11NP2S4/c1-12-13(15)9-6-2-4-8-5-3-7-10(11(8)9)14(16,17)18-13/h2-7H,1H3,(H,12,15)(H,16,17)/t13-/m0/s1. The summed E-state index contributed by atoms with van der Waals surface area (Å²) in [5.74, 6) is 0. The average molecular weight is 347 g/mol. The van der Waals surface area contributed by atoms with Crippen LogP contribution in [0.25, 0.3) is 10.8 Å². The molecule has 0 spiro atoms. The van der Waals surface area contributed by atoms with Gasteiger partial charge in [0.25, 0.3) is 0 Å².